The van der Waals surface area contributed by atoms with Gasteiger partial charge in [-0.05, 0) is 54.6 Å². The number of H-pyrrole nitrogens is 2. The van der Waals surface area contributed by atoms with E-state index < -0.39 is 5.91 Å². The Morgan fingerprint density at radius 1 is 1.03 bits per heavy atom. The van der Waals surface area contributed by atoms with Crippen molar-refractivity contribution in [3.05, 3.63) is 88.1 Å². The lowest BCUT2D eigenvalue weighted by Gasteiger charge is -2.05. The van der Waals surface area contributed by atoms with Gasteiger partial charge in [-0.2, -0.15) is 5.10 Å². The van der Waals surface area contributed by atoms with Crippen LogP contribution in [0.5, 0.6) is 0 Å². The van der Waals surface area contributed by atoms with Gasteiger partial charge < -0.3 is 19.7 Å². The number of aromatic amines is 2. The van der Waals surface area contributed by atoms with Crippen LogP contribution >= 0.6 is 11.6 Å². The molecule has 0 aliphatic heterocycles. The monoisotopic (exact) mass is 419 g/mol. The average molecular weight is 420 g/mol. The molecule has 0 atom stereocenters. The van der Waals surface area contributed by atoms with Crippen molar-refractivity contribution >= 4 is 34.2 Å². The van der Waals surface area contributed by atoms with E-state index in [1.807, 2.05) is 0 Å². The predicted octanol–water partition coefficient (Wildman–Crippen LogP) is 4.21. The van der Waals surface area contributed by atoms with E-state index in [1.165, 1.54) is 0 Å². The van der Waals surface area contributed by atoms with Crippen LogP contribution in [0.25, 0.3) is 28.2 Å². The Bertz CT molecular complexity index is 1410. The van der Waals surface area contributed by atoms with E-state index in [-0.39, 0.29) is 11.4 Å². The first kappa shape index (κ1) is 18.0. The van der Waals surface area contributed by atoms with Crippen LogP contribution in [0.15, 0.2) is 76.1 Å². The number of aromatic nitrogens is 4. The van der Waals surface area contributed by atoms with E-state index in [0.717, 1.165) is 5.69 Å². The van der Waals surface area contributed by atoms with E-state index in [4.69, 9.17) is 16.0 Å². The minimum absolute atomic E-state index is 0.207. The Morgan fingerprint density at radius 2 is 1.83 bits per heavy atom. The fourth-order valence-corrected chi connectivity index (χ4v) is 3.30. The van der Waals surface area contributed by atoms with Crippen molar-refractivity contribution in [3.8, 4) is 17.1 Å². The summed E-state index contributed by atoms with van der Waals surface area (Å²) in [6.45, 7) is 0. The van der Waals surface area contributed by atoms with E-state index in [9.17, 15) is 9.59 Å². The molecular weight excluding hydrogens is 406 g/mol. The lowest BCUT2D eigenvalue weighted by molar-refractivity contribution is 0.102. The third-order valence-electron chi connectivity index (χ3n) is 4.56. The largest absolute Gasteiger partial charge is 0.463 e. The summed E-state index contributed by atoms with van der Waals surface area (Å²) in [5.74, 6) is 0.176. The fraction of sp³-hybridized carbons (Fsp3) is 0. The fourth-order valence-electron chi connectivity index (χ4n) is 3.18. The molecule has 0 spiro atoms. The van der Waals surface area contributed by atoms with Gasteiger partial charge in [0.25, 0.3) is 5.91 Å². The van der Waals surface area contributed by atoms with Gasteiger partial charge in [0.2, 0.25) is 0 Å². The van der Waals surface area contributed by atoms with Crippen LogP contribution in [-0.2, 0) is 0 Å². The zero-order chi connectivity index (χ0) is 20.7. The highest BCUT2D eigenvalue weighted by Gasteiger charge is 2.18. The SMILES string of the molecule is O=C(Nc1ccc2[nH]c(=O)[nH]c2c1)c1cc(-c2ccco2)n(-c2ccc(Cl)cc2)n1. The Balaban J connectivity index is 1.51. The molecule has 0 saturated carbocycles. The molecular formula is C21H14ClN5O3. The maximum Gasteiger partial charge on any atom is 0.323 e. The summed E-state index contributed by atoms with van der Waals surface area (Å²) in [6, 6.07) is 17.4. The van der Waals surface area contributed by atoms with Crippen LogP contribution in [0.2, 0.25) is 5.02 Å². The van der Waals surface area contributed by atoms with Gasteiger partial charge in [-0.1, -0.05) is 11.6 Å². The van der Waals surface area contributed by atoms with Gasteiger partial charge in [-0.25, -0.2) is 9.48 Å². The van der Waals surface area contributed by atoms with Crippen molar-refractivity contribution in [2.24, 2.45) is 0 Å². The molecule has 0 saturated heterocycles. The molecule has 3 heterocycles. The highest BCUT2D eigenvalue weighted by atomic mass is 35.5. The lowest BCUT2D eigenvalue weighted by atomic mass is 10.2. The van der Waals surface area contributed by atoms with Gasteiger partial charge in [-0.15, -0.1) is 0 Å². The van der Waals surface area contributed by atoms with Crippen molar-refractivity contribution in [2.45, 2.75) is 0 Å². The summed E-state index contributed by atoms with van der Waals surface area (Å²) in [5.41, 5.74) is 3.04. The number of hydrogen-bond acceptors (Lipinski definition) is 4. The lowest BCUT2D eigenvalue weighted by Crippen LogP contribution is -2.13. The quantitative estimate of drug-likeness (QED) is 0.405. The minimum atomic E-state index is -0.396. The molecule has 5 aromatic rings. The van der Waals surface area contributed by atoms with Gasteiger partial charge in [0, 0.05) is 16.8 Å². The average Bonchev–Trinajstić information content (AvgIpc) is 3.46. The van der Waals surface area contributed by atoms with Crippen molar-refractivity contribution < 1.29 is 9.21 Å². The molecule has 1 amide bonds. The summed E-state index contributed by atoms with van der Waals surface area (Å²) in [6.07, 6.45) is 1.56. The first-order valence-electron chi connectivity index (χ1n) is 9.00. The maximum absolute atomic E-state index is 12.9. The van der Waals surface area contributed by atoms with Gasteiger partial charge in [0.1, 0.15) is 5.69 Å². The van der Waals surface area contributed by atoms with Gasteiger partial charge in [-0.3, -0.25) is 4.79 Å². The van der Waals surface area contributed by atoms with Crippen LogP contribution in [0.1, 0.15) is 10.5 Å². The number of rotatable bonds is 4. The maximum atomic E-state index is 12.9. The number of fused-ring (bicyclic) bond motifs is 1. The first-order chi connectivity index (χ1) is 14.6. The second kappa shape index (κ2) is 7.09. The number of anilines is 1. The number of furan rings is 1. The van der Waals surface area contributed by atoms with Crippen molar-refractivity contribution in [2.75, 3.05) is 5.32 Å². The van der Waals surface area contributed by atoms with E-state index >= 15 is 0 Å². The molecule has 148 valence electrons. The smallest absolute Gasteiger partial charge is 0.323 e. The van der Waals surface area contributed by atoms with Gasteiger partial charge >= 0.3 is 5.69 Å². The summed E-state index contributed by atoms with van der Waals surface area (Å²) in [4.78, 5) is 29.6. The number of carbonyl (C=O) groups excluding carboxylic acids is 1. The van der Waals surface area contributed by atoms with Crippen molar-refractivity contribution in [3.63, 3.8) is 0 Å². The molecule has 8 nitrogen and oxygen atoms in total. The molecule has 0 aliphatic carbocycles. The summed E-state index contributed by atoms with van der Waals surface area (Å²) < 4.78 is 7.13. The van der Waals surface area contributed by atoms with Crippen LogP contribution in [0, 0.1) is 0 Å². The van der Waals surface area contributed by atoms with E-state index in [2.05, 4.69) is 20.4 Å². The van der Waals surface area contributed by atoms with Crippen molar-refractivity contribution in [1.82, 2.24) is 19.7 Å². The zero-order valence-electron chi connectivity index (χ0n) is 15.3. The Morgan fingerprint density at radius 3 is 2.60 bits per heavy atom. The number of benzene rings is 2. The van der Waals surface area contributed by atoms with Crippen molar-refractivity contribution in [1.29, 1.82) is 0 Å². The van der Waals surface area contributed by atoms with Crippen LogP contribution in [0.3, 0.4) is 0 Å². The molecule has 2 aromatic carbocycles. The summed E-state index contributed by atoms with van der Waals surface area (Å²) in [5, 5.41) is 7.87. The highest BCUT2D eigenvalue weighted by molar-refractivity contribution is 6.30. The minimum Gasteiger partial charge on any atom is -0.463 e. The Hall–Kier alpha value is -4.04. The number of hydrogen-bond donors (Lipinski definition) is 3. The molecule has 0 fully saturated rings. The number of imidazole rings is 1. The number of nitrogens with zero attached hydrogens (tertiary/aromatic N) is 2. The molecule has 5 rings (SSSR count). The topological polar surface area (TPSA) is 109 Å². The number of halogens is 1. The third kappa shape index (κ3) is 3.29. The second-order valence-corrected chi connectivity index (χ2v) is 7.01. The normalized spacial score (nSPS) is 11.1. The molecule has 9 heteroatoms. The highest BCUT2D eigenvalue weighted by Crippen LogP contribution is 2.26. The Labute approximate surface area is 174 Å². The van der Waals surface area contributed by atoms with Crippen LogP contribution < -0.4 is 11.0 Å². The molecule has 0 radical (unpaired) electrons. The second-order valence-electron chi connectivity index (χ2n) is 6.57. The Kier molecular flexibility index (Phi) is 4.26. The van der Waals surface area contributed by atoms with E-state index in [1.54, 1.807) is 71.6 Å². The third-order valence-corrected chi connectivity index (χ3v) is 4.81. The molecule has 0 bridgehead atoms. The standard InChI is InChI=1S/C21H14ClN5O3/c22-12-3-6-14(7-4-12)27-18(19-2-1-9-30-19)11-17(26-27)20(28)23-13-5-8-15-16(10-13)25-21(29)24-15/h1-11H,(H,23,28)(H2,24,25,29). The van der Waals surface area contributed by atoms with Crippen LogP contribution in [0.4, 0.5) is 5.69 Å². The molecule has 3 N–H and O–H groups in total. The number of amides is 1. The van der Waals surface area contributed by atoms with E-state index in [0.29, 0.717) is 33.2 Å². The van der Waals surface area contributed by atoms with Gasteiger partial charge in [0.15, 0.2) is 11.5 Å². The molecule has 30 heavy (non-hydrogen) atoms. The number of carbonyl (C=O) groups is 1. The predicted molar refractivity (Wildman–Crippen MR) is 113 cm³/mol. The van der Waals surface area contributed by atoms with Crippen LogP contribution in [-0.4, -0.2) is 25.7 Å². The summed E-state index contributed by atoms with van der Waals surface area (Å²) >= 11 is 5.99. The zero-order valence-corrected chi connectivity index (χ0v) is 16.1. The molecule has 0 aliphatic rings. The number of nitrogens with one attached hydrogen (secondary N) is 3. The summed E-state index contributed by atoms with van der Waals surface area (Å²) in [7, 11) is 0. The van der Waals surface area contributed by atoms with Gasteiger partial charge in [0.05, 0.1) is 23.0 Å². The molecule has 3 aromatic heterocycles. The first-order valence-corrected chi connectivity index (χ1v) is 9.38. The molecule has 0 unspecified atom stereocenters.